The maximum Gasteiger partial charge on any atom is 0.223 e. The van der Waals surface area contributed by atoms with Gasteiger partial charge in [-0.25, -0.2) is 0 Å². The van der Waals surface area contributed by atoms with Crippen molar-refractivity contribution in [3.63, 3.8) is 0 Å². The van der Waals surface area contributed by atoms with Crippen LogP contribution in [0.3, 0.4) is 0 Å². The summed E-state index contributed by atoms with van der Waals surface area (Å²) in [6.07, 6.45) is 0.558. The Bertz CT molecular complexity index is 321. The fourth-order valence-electron chi connectivity index (χ4n) is 1.33. The fraction of sp³-hybridized carbons (Fsp3) is 0.417. The molecule has 0 fully saturated rings. The summed E-state index contributed by atoms with van der Waals surface area (Å²) in [6, 6.07) is 8.26. The summed E-state index contributed by atoms with van der Waals surface area (Å²) in [7, 11) is 1.84. The van der Waals surface area contributed by atoms with Crippen LogP contribution >= 0.6 is 15.9 Å². The average Bonchev–Trinajstić information content (AvgIpc) is 2.22. The smallest absolute Gasteiger partial charge is 0.223 e. The number of nitrogens with zero attached hydrogens (tertiary/aromatic N) is 1. The largest absolute Gasteiger partial charge is 0.341 e. The first-order chi connectivity index (χ1) is 7.13. The number of carbonyl (C=O) groups is 1. The number of benzene rings is 1. The van der Waals surface area contributed by atoms with E-state index in [1.807, 2.05) is 7.05 Å². The van der Waals surface area contributed by atoms with Crippen LogP contribution in [0, 0.1) is 6.92 Å². The number of alkyl halides is 1. The average molecular weight is 270 g/mol. The highest BCUT2D eigenvalue weighted by atomic mass is 79.9. The van der Waals surface area contributed by atoms with Crippen molar-refractivity contribution in [2.45, 2.75) is 19.9 Å². The summed E-state index contributed by atoms with van der Waals surface area (Å²) in [5.41, 5.74) is 2.42. The van der Waals surface area contributed by atoms with Crippen molar-refractivity contribution in [3.05, 3.63) is 35.4 Å². The molecule has 1 rings (SSSR count). The van der Waals surface area contributed by atoms with E-state index in [0.29, 0.717) is 13.0 Å². The third kappa shape index (κ3) is 4.04. The number of hydrogen-bond donors (Lipinski definition) is 0. The maximum absolute atomic E-state index is 11.5. The van der Waals surface area contributed by atoms with Crippen molar-refractivity contribution in [2.75, 3.05) is 12.4 Å². The second kappa shape index (κ2) is 5.91. The van der Waals surface area contributed by atoms with Gasteiger partial charge >= 0.3 is 0 Å². The third-order valence-corrected chi connectivity index (χ3v) is 2.67. The van der Waals surface area contributed by atoms with Crippen molar-refractivity contribution in [1.29, 1.82) is 0 Å². The lowest BCUT2D eigenvalue weighted by Gasteiger charge is -2.16. The second-order valence-corrected chi connectivity index (χ2v) is 4.47. The minimum atomic E-state index is 0.174. The molecule has 3 heteroatoms. The quantitative estimate of drug-likeness (QED) is 0.770. The van der Waals surface area contributed by atoms with Crippen molar-refractivity contribution in [3.8, 4) is 0 Å². The maximum atomic E-state index is 11.5. The van der Waals surface area contributed by atoms with Crippen LogP contribution in [0.4, 0.5) is 0 Å². The molecule has 0 saturated carbocycles. The molecule has 1 aromatic rings. The Balaban J connectivity index is 2.54. The van der Waals surface area contributed by atoms with Gasteiger partial charge in [0.2, 0.25) is 5.91 Å². The molecule has 0 aromatic heterocycles. The summed E-state index contributed by atoms with van der Waals surface area (Å²) >= 11 is 3.27. The first kappa shape index (κ1) is 12.2. The Hall–Kier alpha value is -0.830. The molecule has 0 aliphatic carbocycles. The van der Waals surface area contributed by atoms with Gasteiger partial charge in [-0.15, -0.1) is 0 Å². The number of aryl methyl sites for hydroxylation is 1. The van der Waals surface area contributed by atoms with E-state index in [1.165, 1.54) is 11.1 Å². The SMILES string of the molecule is Cc1ccc(CN(C)C(=O)CCBr)cc1. The Kier molecular flexibility index (Phi) is 4.82. The third-order valence-electron chi connectivity index (χ3n) is 2.27. The highest BCUT2D eigenvalue weighted by molar-refractivity contribution is 9.09. The number of hydrogen-bond acceptors (Lipinski definition) is 1. The van der Waals surface area contributed by atoms with E-state index in [0.717, 1.165) is 5.33 Å². The zero-order valence-electron chi connectivity index (χ0n) is 9.16. The molecule has 0 aliphatic heterocycles. The second-order valence-electron chi connectivity index (χ2n) is 3.67. The van der Waals surface area contributed by atoms with Crippen LogP contribution in [-0.2, 0) is 11.3 Å². The van der Waals surface area contributed by atoms with Gasteiger partial charge in [-0.2, -0.15) is 0 Å². The summed E-state index contributed by atoms with van der Waals surface area (Å²) < 4.78 is 0. The van der Waals surface area contributed by atoms with E-state index in [2.05, 4.69) is 47.1 Å². The summed E-state index contributed by atoms with van der Waals surface area (Å²) in [4.78, 5) is 13.3. The first-order valence-corrected chi connectivity index (χ1v) is 6.11. The zero-order chi connectivity index (χ0) is 11.3. The van der Waals surface area contributed by atoms with E-state index < -0.39 is 0 Å². The molecule has 0 unspecified atom stereocenters. The molecular weight excluding hydrogens is 254 g/mol. The van der Waals surface area contributed by atoms with E-state index in [4.69, 9.17) is 0 Å². The molecule has 0 spiro atoms. The molecule has 0 saturated heterocycles. The zero-order valence-corrected chi connectivity index (χ0v) is 10.8. The highest BCUT2D eigenvalue weighted by Gasteiger charge is 2.07. The van der Waals surface area contributed by atoms with Crippen LogP contribution in [0.25, 0.3) is 0 Å². The van der Waals surface area contributed by atoms with Crippen LogP contribution in [0.2, 0.25) is 0 Å². The Morgan fingerprint density at radius 2 is 1.93 bits per heavy atom. The topological polar surface area (TPSA) is 20.3 Å². The van der Waals surface area contributed by atoms with Crippen molar-refractivity contribution >= 4 is 21.8 Å². The van der Waals surface area contributed by atoms with E-state index in [9.17, 15) is 4.79 Å². The fourth-order valence-corrected chi connectivity index (χ4v) is 1.67. The molecule has 1 amide bonds. The van der Waals surface area contributed by atoms with E-state index in [1.54, 1.807) is 4.90 Å². The molecule has 0 aliphatic rings. The molecule has 0 heterocycles. The number of rotatable bonds is 4. The van der Waals surface area contributed by atoms with Gasteiger partial charge in [0.1, 0.15) is 0 Å². The van der Waals surface area contributed by atoms with Crippen LogP contribution < -0.4 is 0 Å². The lowest BCUT2D eigenvalue weighted by molar-refractivity contribution is -0.129. The normalized spacial score (nSPS) is 10.1. The molecule has 0 atom stereocenters. The Morgan fingerprint density at radius 3 is 2.47 bits per heavy atom. The summed E-state index contributed by atoms with van der Waals surface area (Å²) in [5.74, 6) is 0.174. The summed E-state index contributed by atoms with van der Waals surface area (Å²) in [5, 5.41) is 0.726. The molecule has 2 nitrogen and oxygen atoms in total. The molecule has 15 heavy (non-hydrogen) atoms. The number of halogens is 1. The van der Waals surface area contributed by atoms with Crippen molar-refractivity contribution in [2.24, 2.45) is 0 Å². The monoisotopic (exact) mass is 269 g/mol. The summed E-state index contributed by atoms with van der Waals surface area (Å²) in [6.45, 7) is 2.75. The van der Waals surface area contributed by atoms with Crippen molar-refractivity contribution < 1.29 is 4.79 Å². The molecule has 0 bridgehead atoms. The predicted molar refractivity (Wildman–Crippen MR) is 66.1 cm³/mol. The number of amides is 1. The standard InChI is InChI=1S/C12H16BrNO/c1-10-3-5-11(6-4-10)9-14(2)12(15)7-8-13/h3-6H,7-9H2,1-2H3. The minimum absolute atomic E-state index is 0.174. The van der Waals surface area contributed by atoms with Crippen LogP contribution in [0.1, 0.15) is 17.5 Å². The van der Waals surface area contributed by atoms with Gasteiger partial charge in [-0.1, -0.05) is 45.8 Å². The van der Waals surface area contributed by atoms with Crippen LogP contribution in [0.15, 0.2) is 24.3 Å². The Morgan fingerprint density at radius 1 is 1.33 bits per heavy atom. The molecule has 0 radical (unpaired) electrons. The lowest BCUT2D eigenvalue weighted by atomic mass is 10.1. The van der Waals surface area contributed by atoms with E-state index in [-0.39, 0.29) is 5.91 Å². The van der Waals surface area contributed by atoms with Gasteiger partial charge in [-0.05, 0) is 12.5 Å². The van der Waals surface area contributed by atoms with Gasteiger partial charge in [0.05, 0.1) is 0 Å². The first-order valence-electron chi connectivity index (χ1n) is 4.99. The lowest BCUT2D eigenvalue weighted by Crippen LogP contribution is -2.26. The molecule has 1 aromatic carbocycles. The van der Waals surface area contributed by atoms with Crippen molar-refractivity contribution in [1.82, 2.24) is 4.90 Å². The van der Waals surface area contributed by atoms with Crippen LogP contribution in [0.5, 0.6) is 0 Å². The van der Waals surface area contributed by atoms with Crippen LogP contribution in [-0.4, -0.2) is 23.2 Å². The number of carbonyl (C=O) groups excluding carboxylic acids is 1. The molecular formula is C12H16BrNO. The van der Waals surface area contributed by atoms with Gasteiger partial charge < -0.3 is 4.90 Å². The predicted octanol–water partition coefficient (Wildman–Crippen LogP) is 2.74. The van der Waals surface area contributed by atoms with E-state index >= 15 is 0 Å². The van der Waals surface area contributed by atoms with Gasteiger partial charge in [0.25, 0.3) is 0 Å². The van der Waals surface area contributed by atoms with Gasteiger partial charge in [-0.3, -0.25) is 4.79 Å². The molecule has 82 valence electrons. The van der Waals surface area contributed by atoms with Gasteiger partial charge in [0, 0.05) is 25.3 Å². The highest BCUT2D eigenvalue weighted by Crippen LogP contribution is 2.07. The molecule has 0 N–H and O–H groups in total. The minimum Gasteiger partial charge on any atom is -0.341 e. The Labute approximate surface area is 99.4 Å². The van der Waals surface area contributed by atoms with Gasteiger partial charge in [0.15, 0.2) is 0 Å².